The standard InChI is InChI=1S/C22H27ClN2O2S/c1-16(2)24-22(27)17(3)25(15-18-7-5-4-6-8-18)21(26)13-14-28-20-11-9-19(23)10-12-20/h4-12,16-17H,13-15H2,1-3H3,(H,24,27)/t17-/m1/s1. The summed E-state index contributed by atoms with van der Waals surface area (Å²) < 4.78 is 0. The number of nitrogens with zero attached hydrogens (tertiary/aromatic N) is 1. The van der Waals surface area contributed by atoms with Crippen molar-refractivity contribution in [1.82, 2.24) is 10.2 Å². The first-order chi connectivity index (χ1) is 13.4. The summed E-state index contributed by atoms with van der Waals surface area (Å²) >= 11 is 7.51. The monoisotopic (exact) mass is 418 g/mol. The van der Waals surface area contributed by atoms with E-state index in [4.69, 9.17) is 11.6 Å². The van der Waals surface area contributed by atoms with Gasteiger partial charge in [0.05, 0.1) is 0 Å². The minimum Gasteiger partial charge on any atom is -0.352 e. The van der Waals surface area contributed by atoms with E-state index in [0.29, 0.717) is 23.7 Å². The Kier molecular flexibility index (Phi) is 8.87. The van der Waals surface area contributed by atoms with Crippen LogP contribution < -0.4 is 5.32 Å². The first kappa shape index (κ1) is 22.3. The lowest BCUT2D eigenvalue weighted by Gasteiger charge is -2.29. The molecule has 150 valence electrons. The lowest BCUT2D eigenvalue weighted by molar-refractivity contribution is -0.140. The number of thioether (sulfide) groups is 1. The van der Waals surface area contributed by atoms with Crippen molar-refractivity contribution in [2.24, 2.45) is 0 Å². The number of carbonyl (C=O) groups excluding carboxylic acids is 2. The van der Waals surface area contributed by atoms with Gasteiger partial charge in [0, 0.05) is 34.7 Å². The third-order valence-corrected chi connectivity index (χ3v) is 5.46. The Morgan fingerprint density at radius 3 is 2.29 bits per heavy atom. The second kappa shape index (κ2) is 11.1. The molecule has 0 saturated carbocycles. The lowest BCUT2D eigenvalue weighted by atomic mass is 10.1. The Morgan fingerprint density at radius 1 is 1.04 bits per heavy atom. The average Bonchev–Trinajstić information content (AvgIpc) is 2.67. The molecule has 2 aromatic carbocycles. The molecule has 0 bridgehead atoms. The molecule has 0 fully saturated rings. The second-order valence-electron chi connectivity index (χ2n) is 6.90. The molecular formula is C22H27ClN2O2S. The van der Waals surface area contributed by atoms with Crippen molar-refractivity contribution >= 4 is 35.2 Å². The fourth-order valence-electron chi connectivity index (χ4n) is 2.70. The highest BCUT2D eigenvalue weighted by atomic mass is 35.5. The predicted octanol–water partition coefficient (Wildman–Crippen LogP) is 4.76. The number of carbonyl (C=O) groups is 2. The molecule has 0 radical (unpaired) electrons. The first-order valence-electron chi connectivity index (χ1n) is 9.39. The molecule has 28 heavy (non-hydrogen) atoms. The summed E-state index contributed by atoms with van der Waals surface area (Å²) in [4.78, 5) is 28.2. The zero-order valence-electron chi connectivity index (χ0n) is 16.5. The minimum absolute atomic E-state index is 0.0308. The molecule has 0 aromatic heterocycles. The molecule has 6 heteroatoms. The third-order valence-electron chi connectivity index (χ3n) is 4.19. The summed E-state index contributed by atoms with van der Waals surface area (Å²) in [7, 11) is 0. The molecule has 1 N–H and O–H groups in total. The van der Waals surface area contributed by atoms with Crippen molar-refractivity contribution in [3.05, 3.63) is 65.2 Å². The van der Waals surface area contributed by atoms with E-state index in [9.17, 15) is 9.59 Å². The van der Waals surface area contributed by atoms with Gasteiger partial charge in [-0.2, -0.15) is 0 Å². The molecule has 2 amide bonds. The molecule has 0 saturated heterocycles. The molecule has 0 heterocycles. The number of amides is 2. The Morgan fingerprint density at radius 2 is 1.68 bits per heavy atom. The van der Waals surface area contributed by atoms with Crippen molar-refractivity contribution < 1.29 is 9.59 Å². The molecule has 0 aliphatic carbocycles. The van der Waals surface area contributed by atoms with Gasteiger partial charge in [-0.3, -0.25) is 9.59 Å². The van der Waals surface area contributed by atoms with Crippen LogP contribution >= 0.6 is 23.4 Å². The van der Waals surface area contributed by atoms with Crippen LogP contribution in [0.5, 0.6) is 0 Å². The van der Waals surface area contributed by atoms with Crippen molar-refractivity contribution in [3.8, 4) is 0 Å². The molecule has 0 spiro atoms. The van der Waals surface area contributed by atoms with Gasteiger partial charge in [0.1, 0.15) is 6.04 Å². The number of rotatable bonds is 9. The quantitative estimate of drug-likeness (QED) is 0.597. The van der Waals surface area contributed by atoms with Gasteiger partial charge in [0.2, 0.25) is 11.8 Å². The van der Waals surface area contributed by atoms with Gasteiger partial charge in [0.15, 0.2) is 0 Å². The van der Waals surface area contributed by atoms with Gasteiger partial charge in [-0.25, -0.2) is 0 Å². The van der Waals surface area contributed by atoms with Crippen LogP contribution in [0.1, 0.15) is 32.8 Å². The molecule has 0 aliphatic rings. The van der Waals surface area contributed by atoms with E-state index in [1.54, 1.807) is 23.6 Å². The van der Waals surface area contributed by atoms with Crippen LogP contribution in [0.2, 0.25) is 5.02 Å². The maximum atomic E-state index is 12.9. The normalized spacial score (nSPS) is 11.9. The van der Waals surface area contributed by atoms with E-state index >= 15 is 0 Å². The highest BCUT2D eigenvalue weighted by Gasteiger charge is 2.26. The van der Waals surface area contributed by atoms with Crippen LogP contribution in [0, 0.1) is 0 Å². The van der Waals surface area contributed by atoms with E-state index in [1.165, 1.54) is 0 Å². The van der Waals surface area contributed by atoms with Crippen LogP contribution in [-0.2, 0) is 16.1 Å². The van der Waals surface area contributed by atoms with Gasteiger partial charge in [0.25, 0.3) is 0 Å². The summed E-state index contributed by atoms with van der Waals surface area (Å²) in [6.45, 7) is 6.02. The Bertz CT molecular complexity index is 766. The van der Waals surface area contributed by atoms with Gasteiger partial charge >= 0.3 is 0 Å². The fourth-order valence-corrected chi connectivity index (χ4v) is 3.67. The Hall–Kier alpha value is -1.98. The number of hydrogen-bond acceptors (Lipinski definition) is 3. The third kappa shape index (κ3) is 7.21. The van der Waals surface area contributed by atoms with E-state index in [-0.39, 0.29) is 17.9 Å². The summed E-state index contributed by atoms with van der Waals surface area (Å²) in [5.74, 6) is 0.478. The summed E-state index contributed by atoms with van der Waals surface area (Å²) in [6.07, 6.45) is 0.361. The Balaban J connectivity index is 2.02. The second-order valence-corrected chi connectivity index (χ2v) is 8.50. The van der Waals surface area contributed by atoms with Crippen LogP contribution in [0.15, 0.2) is 59.5 Å². The van der Waals surface area contributed by atoms with Gasteiger partial charge in [-0.05, 0) is 50.6 Å². The maximum Gasteiger partial charge on any atom is 0.242 e. The molecule has 0 unspecified atom stereocenters. The van der Waals surface area contributed by atoms with Crippen molar-refractivity contribution in [1.29, 1.82) is 0 Å². The van der Waals surface area contributed by atoms with Crippen LogP contribution in [0.3, 0.4) is 0 Å². The maximum absolute atomic E-state index is 12.9. The van der Waals surface area contributed by atoms with E-state index in [2.05, 4.69) is 5.32 Å². The highest BCUT2D eigenvalue weighted by Crippen LogP contribution is 2.22. The number of halogens is 1. The molecular weight excluding hydrogens is 392 g/mol. The highest BCUT2D eigenvalue weighted by molar-refractivity contribution is 7.99. The minimum atomic E-state index is -0.532. The predicted molar refractivity (Wildman–Crippen MR) is 117 cm³/mol. The molecule has 0 aliphatic heterocycles. The van der Waals surface area contributed by atoms with Crippen molar-refractivity contribution in [3.63, 3.8) is 0 Å². The topological polar surface area (TPSA) is 49.4 Å². The van der Waals surface area contributed by atoms with Crippen LogP contribution in [-0.4, -0.2) is 34.6 Å². The fraction of sp³-hybridized carbons (Fsp3) is 0.364. The number of benzene rings is 2. The lowest BCUT2D eigenvalue weighted by Crippen LogP contribution is -2.49. The zero-order valence-corrected chi connectivity index (χ0v) is 18.1. The Labute approximate surface area is 176 Å². The average molecular weight is 419 g/mol. The zero-order chi connectivity index (χ0) is 20.5. The smallest absolute Gasteiger partial charge is 0.242 e. The summed E-state index contributed by atoms with van der Waals surface area (Å²) in [6, 6.07) is 16.8. The number of nitrogens with one attached hydrogen (secondary N) is 1. The molecule has 2 rings (SSSR count). The molecule has 2 aromatic rings. The van der Waals surface area contributed by atoms with Gasteiger partial charge < -0.3 is 10.2 Å². The van der Waals surface area contributed by atoms with Crippen LogP contribution in [0.4, 0.5) is 0 Å². The molecule has 4 nitrogen and oxygen atoms in total. The van der Waals surface area contributed by atoms with Crippen molar-refractivity contribution in [2.45, 2.75) is 50.7 Å². The van der Waals surface area contributed by atoms with E-state index in [0.717, 1.165) is 10.5 Å². The van der Waals surface area contributed by atoms with Gasteiger partial charge in [-0.15, -0.1) is 11.8 Å². The van der Waals surface area contributed by atoms with E-state index in [1.807, 2.05) is 68.4 Å². The van der Waals surface area contributed by atoms with Crippen molar-refractivity contribution in [2.75, 3.05) is 5.75 Å². The first-order valence-corrected chi connectivity index (χ1v) is 10.8. The summed E-state index contributed by atoms with van der Waals surface area (Å²) in [5.41, 5.74) is 1.01. The van der Waals surface area contributed by atoms with Gasteiger partial charge in [-0.1, -0.05) is 41.9 Å². The SMILES string of the molecule is CC(C)NC(=O)[C@@H](C)N(Cc1ccccc1)C(=O)CCSc1ccc(Cl)cc1. The molecule has 1 atom stereocenters. The van der Waals surface area contributed by atoms with Crippen LogP contribution in [0.25, 0.3) is 0 Å². The van der Waals surface area contributed by atoms with E-state index < -0.39 is 6.04 Å². The number of hydrogen-bond donors (Lipinski definition) is 1. The summed E-state index contributed by atoms with van der Waals surface area (Å²) in [5, 5.41) is 3.59. The largest absolute Gasteiger partial charge is 0.352 e.